The molecule has 1 aliphatic heterocycles. The van der Waals surface area contributed by atoms with Crippen molar-refractivity contribution in [1.82, 2.24) is 4.98 Å². The number of hydrogen-bond acceptors (Lipinski definition) is 3. The number of thiol groups is 1. The minimum Gasteiger partial charge on any atom is -0.258 e. The van der Waals surface area contributed by atoms with Gasteiger partial charge in [-0.05, 0) is 35.4 Å². The van der Waals surface area contributed by atoms with Crippen LogP contribution >= 0.6 is 10.9 Å². The van der Waals surface area contributed by atoms with Gasteiger partial charge in [0.05, 0.1) is 4.92 Å². The van der Waals surface area contributed by atoms with E-state index in [0.29, 0.717) is 5.52 Å². The molecule has 0 amide bonds. The zero-order valence-electron chi connectivity index (χ0n) is 10.3. The Morgan fingerprint density at radius 2 is 1.95 bits per heavy atom. The minimum absolute atomic E-state index is 0.0758. The number of benzene rings is 1. The summed E-state index contributed by atoms with van der Waals surface area (Å²) in [5.41, 5.74) is 1.41. The number of non-ortho nitro benzene ring substituents is 1. The molecule has 19 heavy (non-hydrogen) atoms. The lowest BCUT2D eigenvalue weighted by Crippen LogP contribution is -1.93. The molecule has 5 heteroatoms. The van der Waals surface area contributed by atoms with E-state index in [-0.39, 0.29) is 10.6 Å². The summed E-state index contributed by atoms with van der Waals surface area (Å²) in [5.74, 6) is 0. The Bertz CT molecular complexity index is 726. The Hall–Kier alpha value is -2.14. The molecule has 0 atom stereocenters. The van der Waals surface area contributed by atoms with E-state index in [1.165, 1.54) is 0 Å². The Labute approximate surface area is 113 Å². The van der Waals surface area contributed by atoms with Gasteiger partial charge >= 0.3 is 0 Å². The second-order valence-corrected chi connectivity index (χ2v) is 6.32. The van der Waals surface area contributed by atoms with Gasteiger partial charge in [0.1, 0.15) is 5.52 Å². The number of aryl methyl sites for hydroxylation is 1. The summed E-state index contributed by atoms with van der Waals surface area (Å²) in [6.45, 7) is 1.86. The van der Waals surface area contributed by atoms with Crippen molar-refractivity contribution < 1.29 is 4.92 Å². The number of hydrogen-bond donors (Lipinski definition) is 1. The van der Waals surface area contributed by atoms with Crippen molar-refractivity contribution >= 4 is 27.5 Å². The van der Waals surface area contributed by atoms with Gasteiger partial charge in [0.25, 0.3) is 5.69 Å². The molecule has 3 rings (SSSR count). The highest BCUT2D eigenvalue weighted by Gasteiger charge is 2.15. The van der Waals surface area contributed by atoms with Crippen molar-refractivity contribution in [2.24, 2.45) is 0 Å². The molecule has 2 aromatic rings. The molecule has 0 spiro atoms. The van der Waals surface area contributed by atoms with Gasteiger partial charge in [0.15, 0.2) is 0 Å². The van der Waals surface area contributed by atoms with Crippen LogP contribution in [0.15, 0.2) is 52.3 Å². The van der Waals surface area contributed by atoms with Crippen LogP contribution in [0.3, 0.4) is 0 Å². The van der Waals surface area contributed by atoms with E-state index in [9.17, 15) is 10.1 Å². The van der Waals surface area contributed by atoms with Crippen LogP contribution < -0.4 is 0 Å². The minimum atomic E-state index is -0.442. The topological polar surface area (TPSA) is 56.0 Å². The van der Waals surface area contributed by atoms with Crippen LogP contribution in [0.1, 0.15) is 5.56 Å². The third kappa shape index (κ3) is 2.13. The predicted molar refractivity (Wildman–Crippen MR) is 78.7 cm³/mol. The van der Waals surface area contributed by atoms with Crippen LogP contribution in [0.2, 0.25) is 0 Å². The van der Waals surface area contributed by atoms with Gasteiger partial charge < -0.3 is 0 Å². The molecule has 1 aliphatic rings. The van der Waals surface area contributed by atoms with Crippen LogP contribution in [-0.2, 0) is 0 Å². The molecule has 0 bridgehead atoms. The van der Waals surface area contributed by atoms with Gasteiger partial charge in [-0.2, -0.15) is 10.9 Å². The quantitative estimate of drug-likeness (QED) is 0.513. The van der Waals surface area contributed by atoms with E-state index < -0.39 is 10.9 Å². The lowest BCUT2D eigenvalue weighted by Gasteiger charge is -2.11. The fourth-order valence-corrected chi connectivity index (χ4v) is 3.64. The number of aromatic nitrogens is 1. The summed E-state index contributed by atoms with van der Waals surface area (Å²) >= 11 is 0. The van der Waals surface area contributed by atoms with Crippen molar-refractivity contribution in [1.29, 1.82) is 0 Å². The molecule has 0 unspecified atom stereocenters. The van der Waals surface area contributed by atoms with Crippen molar-refractivity contribution in [3.63, 3.8) is 0 Å². The first-order valence-corrected chi connectivity index (χ1v) is 7.31. The first kappa shape index (κ1) is 11.9. The molecule has 0 N–H and O–H groups in total. The SMILES string of the molecule is Cc1cc([N+](=O)[O-])c2ncc([SH]3C=CC=C3)cc2c1. The smallest absolute Gasteiger partial charge is 0.258 e. The monoisotopic (exact) mass is 272 g/mol. The maximum absolute atomic E-state index is 11.1. The number of rotatable bonds is 2. The molecule has 4 nitrogen and oxygen atoms in total. The standard InChI is InChI=1S/C14H12N2O2S/c1-10-6-11-8-12(19-4-2-3-5-19)9-15-14(11)13(7-10)16(17)18/h2-9,19H,1H3. The predicted octanol–water partition coefficient (Wildman–Crippen LogP) is 3.85. The molecule has 0 radical (unpaired) electrons. The number of fused-ring (bicyclic) bond motifs is 1. The molecular formula is C14H12N2O2S. The maximum Gasteiger partial charge on any atom is 0.295 e. The van der Waals surface area contributed by atoms with Gasteiger partial charge in [-0.25, -0.2) is 4.98 Å². The highest BCUT2D eigenvalue weighted by molar-refractivity contribution is 8.22. The Kier molecular flexibility index (Phi) is 2.83. The van der Waals surface area contributed by atoms with E-state index in [1.807, 2.05) is 31.2 Å². The summed E-state index contributed by atoms with van der Waals surface area (Å²) in [7, 11) is -0.442. The van der Waals surface area contributed by atoms with Crippen LogP contribution in [0.4, 0.5) is 5.69 Å². The number of pyridine rings is 1. The van der Waals surface area contributed by atoms with Crippen LogP contribution in [0, 0.1) is 17.0 Å². The summed E-state index contributed by atoms with van der Waals surface area (Å²) in [6.07, 6.45) is 5.79. The number of allylic oxidation sites excluding steroid dienone is 2. The van der Waals surface area contributed by atoms with Gasteiger partial charge in [0.2, 0.25) is 0 Å². The summed E-state index contributed by atoms with van der Waals surface area (Å²) in [5, 5.41) is 16.2. The van der Waals surface area contributed by atoms with E-state index in [4.69, 9.17) is 0 Å². The van der Waals surface area contributed by atoms with Gasteiger partial charge in [0, 0.05) is 22.5 Å². The fourth-order valence-electron chi connectivity index (χ4n) is 2.15. The second-order valence-electron chi connectivity index (χ2n) is 4.40. The number of nitro groups is 1. The van der Waals surface area contributed by atoms with E-state index in [1.54, 1.807) is 12.3 Å². The van der Waals surface area contributed by atoms with Gasteiger partial charge in [-0.3, -0.25) is 10.1 Å². The van der Waals surface area contributed by atoms with Crippen LogP contribution in [0.5, 0.6) is 0 Å². The van der Waals surface area contributed by atoms with Gasteiger partial charge in [-0.15, -0.1) is 0 Å². The molecule has 0 fully saturated rings. The largest absolute Gasteiger partial charge is 0.295 e. The third-order valence-corrected chi connectivity index (χ3v) is 4.82. The zero-order valence-corrected chi connectivity index (χ0v) is 11.2. The molecular weight excluding hydrogens is 260 g/mol. The summed E-state index contributed by atoms with van der Waals surface area (Å²) < 4.78 is 0. The Morgan fingerprint density at radius 3 is 2.63 bits per heavy atom. The van der Waals surface area contributed by atoms with Crippen LogP contribution in [-0.4, -0.2) is 9.91 Å². The fraction of sp³-hybridized carbons (Fsp3) is 0.0714. The highest BCUT2D eigenvalue weighted by atomic mass is 32.2. The van der Waals surface area contributed by atoms with Crippen molar-refractivity contribution in [2.75, 3.05) is 0 Å². The summed E-state index contributed by atoms with van der Waals surface area (Å²) in [6, 6.07) is 5.52. The average molecular weight is 272 g/mol. The normalized spacial score (nSPS) is 15.3. The third-order valence-electron chi connectivity index (χ3n) is 2.99. The van der Waals surface area contributed by atoms with E-state index >= 15 is 0 Å². The van der Waals surface area contributed by atoms with E-state index in [0.717, 1.165) is 15.8 Å². The molecule has 1 aromatic heterocycles. The summed E-state index contributed by atoms with van der Waals surface area (Å²) in [4.78, 5) is 16.1. The lowest BCUT2D eigenvalue weighted by molar-refractivity contribution is -0.383. The van der Waals surface area contributed by atoms with E-state index in [2.05, 4.69) is 15.8 Å². The highest BCUT2D eigenvalue weighted by Crippen LogP contribution is 2.42. The van der Waals surface area contributed by atoms with Crippen LogP contribution in [0.25, 0.3) is 10.9 Å². The maximum atomic E-state index is 11.1. The first-order valence-electron chi connectivity index (χ1n) is 5.83. The second kappa shape index (κ2) is 4.51. The Balaban J connectivity index is 2.20. The Morgan fingerprint density at radius 1 is 1.21 bits per heavy atom. The number of nitro benzene ring substituents is 1. The molecule has 0 saturated heterocycles. The van der Waals surface area contributed by atoms with Gasteiger partial charge in [-0.1, -0.05) is 12.2 Å². The average Bonchev–Trinajstić information content (AvgIpc) is 2.90. The van der Waals surface area contributed by atoms with Crippen molar-refractivity contribution in [3.05, 3.63) is 63.0 Å². The zero-order chi connectivity index (χ0) is 13.4. The molecule has 0 saturated carbocycles. The van der Waals surface area contributed by atoms with Crippen molar-refractivity contribution in [3.8, 4) is 0 Å². The molecule has 96 valence electrons. The molecule has 2 heterocycles. The lowest BCUT2D eigenvalue weighted by atomic mass is 10.1. The number of nitrogens with zero attached hydrogens (tertiary/aromatic N) is 2. The van der Waals surface area contributed by atoms with Crippen molar-refractivity contribution in [2.45, 2.75) is 11.8 Å². The molecule has 1 aromatic carbocycles. The first-order chi connectivity index (χ1) is 9.15. The molecule has 0 aliphatic carbocycles.